The van der Waals surface area contributed by atoms with E-state index in [1.807, 2.05) is 56.3 Å². The highest BCUT2D eigenvalue weighted by Crippen LogP contribution is 2.18. The molecule has 2 aromatic carbocycles. The molecule has 0 bridgehead atoms. The highest BCUT2D eigenvalue weighted by molar-refractivity contribution is 6.30. The molecule has 3 heteroatoms. The molecule has 0 atom stereocenters. The van der Waals surface area contributed by atoms with E-state index in [2.05, 4.69) is 11.4 Å². The molecular formula is C16H18ClNO. The molecule has 0 unspecified atom stereocenters. The van der Waals surface area contributed by atoms with Crippen molar-refractivity contribution in [3.05, 3.63) is 59.1 Å². The molecule has 0 spiro atoms. The number of halogens is 1. The van der Waals surface area contributed by atoms with E-state index in [0.717, 1.165) is 28.6 Å². The predicted octanol–water partition coefficient (Wildman–Crippen LogP) is 4.74. The maximum absolute atomic E-state index is 5.95. The van der Waals surface area contributed by atoms with Gasteiger partial charge in [-0.1, -0.05) is 23.7 Å². The Balaban J connectivity index is 1.93. The fourth-order valence-corrected chi connectivity index (χ4v) is 1.99. The zero-order valence-electron chi connectivity index (χ0n) is 11.2. The molecule has 0 amide bonds. The van der Waals surface area contributed by atoms with Gasteiger partial charge in [0.2, 0.25) is 0 Å². The second-order valence-corrected chi connectivity index (χ2v) is 5.11. The van der Waals surface area contributed by atoms with Crippen LogP contribution in [0.2, 0.25) is 5.02 Å². The Bertz CT molecular complexity index is 523. The first-order valence-corrected chi connectivity index (χ1v) is 6.76. The van der Waals surface area contributed by atoms with E-state index in [-0.39, 0.29) is 6.10 Å². The summed E-state index contributed by atoms with van der Waals surface area (Å²) < 4.78 is 5.60. The molecule has 2 nitrogen and oxygen atoms in total. The van der Waals surface area contributed by atoms with Crippen LogP contribution in [0.5, 0.6) is 5.75 Å². The number of anilines is 1. The van der Waals surface area contributed by atoms with Crippen molar-refractivity contribution in [2.24, 2.45) is 0 Å². The average Bonchev–Trinajstić information content (AvgIpc) is 2.37. The second-order valence-electron chi connectivity index (χ2n) is 4.67. The standard InChI is InChI=1S/C16H18ClNO/c1-12(2)19-16-8-6-15(7-9-16)18-11-13-4-3-5-14(17)10-13/h3-10,12,18H,11H2,1-2H3. The Hall–Kier alpha value is -1.67. The minimum absolute atomic E-state index is 0.199. The first-order chi connectivity index (χ1) is 9.13. The van der Waals surface area contributed by atoms with Crippen molar-refractivity contribution in [2.75, 3.05) is 5.32 Å². The summed E-state index contributed by atoms with van der Waals surface area (Å²) in [6.07, 6.45) is 0.199. The molecular weight excluding hydrogens is 258 g/mol. The predicted molar refractivity (Wildman–Crippen MR) is 81.0 cm³/mol. The van der Waals surface area contributed by atoms with Gasteiger partial charge in [0.25, 0.3) is 0 Å². The number of ether oxygens (including phenoxy) is 1. The van der Waals surface area contributed by atoms with Crippen LogP contribution in [0.3, 0.4) is 0 Å². The Morgan fingerprint density at radius 3 is 2.47 bits per heavy atom. The number of hydrogen-bond donors (Lipinski definition) is 1. The normalized spacial score (nSPS) is 10.5. The number of benzene rings is 2. The lowest BCUT2D eigenvalue weighted by molar-refractivity contribution is 0.242. The summed E-state index contributed by atoms with van der Waals surface area (Å²) in [5.74, 6) is 0.892. The first kappa shape index (κ1) is 13.8. The van der Waals surface area contributed by atoms with E-state index >= 15 is 0 Å². The molecule has 0 saturated heterocycles. The van der Waals surface area contributed by atoms with Gasteiger partial charge in [0.15, 0.2) is 0 Å². The molecule has 0 aromatic heterocycles. The van der Waals surface area contributed by atoms with Crippen LogP contribution in [-0.2, 0) is 6.54 Å². The third-order valence-corrected chi connectivity index (χ3v) is 2.85. The van der Waals surface area contributed by atoms with Gasteiger partial charge in [0.05, 0.1) is 6.10 Å². The van der Waals surface area contributed by atoms with E-state index in [1.165, 1.54) is 0 Å². The summed E-state index contributed by atoms with van der Waals surface area (Å²) in [5.41, 5.74) is 2.23. The lowest BCUT2D eigenvalue weighted by Crippen LogP contribution is -2.05. The summed E-state index contributed by atoms with van der Waals surface area (Å²) in [6.45, 7) is 4.79. The van der Waals surface area contributed by atoms with E-state index < -0.39 is 0 Å². The first-order valence-electron chi connectivity index (χ1n) is 6.38. The maximum atomic E-state index is 5.95. The summed E-state index contributed by atoms with van der Waals surface area (Å²) in [7, 11) is 0. The Morgan fingerprint density at radius 1 is 1.11 bits per heavy atom. The largest absolute Gasteiger partial charge is 0.491 e. The van der Waals surface area contributed by atoms with E-state index in [9.17, 15) is 0 Å². The zero-order valence-corrected chi connectivity index (χ0v) is 11.9. The molecule has 100 valence electrons. The molecule has 1 N–H and O–H groups in total. The van der Waals surface area contributed by atoms with Gasteiger partial charge < -0.3 is 10.1 Å². The van der Waals surface area contributed by atoms with E-state index in [1.54, 1.807) is 0 Å². The molecule has 0 fully saturated rings. The lowest BCUT2D eigenvalue weighted by atomic mass is 10.2. The topological polar surface area (TPSA) is 21.3 Å². The molecule has 0 saturated carbocycles. The van der Waals surface area contributed by atoms with Gasteiger partial charge >= 0.3 is 0 Å². The lowest BCUT2D eigenvalue weighted by Gasteiger charge is -2.11. The van der Waals surface area contributed by atoms with Gasteiger partial charge in [-0.15, -0.1) is 0 Å². The highest BCUT2D eigenvalue weighted by Gasteiger charge is 1.98. The number of hydrogen-bond acceptors (Lipinski definition) is 2. The fraction of sp³-hybridized carbons (Fsp3) is 0.250. The smallest absolute Gasteiger partial charge is 0.119 e. The van der Waals surface area contributed by atoms with Gasteiger partial charge in [-0.2, -0.15) is 0 Å². The minimum Gasteiger partial charge on any atom is -0.491 e. The van der Waals surface area contributed by atoms with E-state index in [4.69, 9.17) is 16.3 Å². The van der Waals surface area contributed by atoms with Crippen molar-refractivity contribution >= 4 is 17.3 Å². The summed E-state index contributed by atoms with van der Waals surface area (Å²) in [6, 6.07) is 15.8. The van der Waals surface area contributed by atoms with Crippen LogP contribution in [0.4, 0.5) is 5.69 Å². The summed E-state index contributed by atoms with van der Waals surface area (Å²) in [5, 5.41) is 4.12. The Morgan fingerprint density at radius 2 is 1.84 bits per heavy atom. The van der Waals surface area contributed by atoms with Crippen molar-refractivity contribution in [2.45, 2.75) is 26.5 Å². The number of nitrogens with one attached hydrogen (secondary N) is 1. The Labute approximate surface area is 119 Å². The van der Waals surface area contributed by atoms with Gasteiger partial charge in [0, 0.05) is 17.3 Å². The average molecular weight is 276 g/mol. The Kier molecular flexibility index (Phi) is 4.69. The molecule has 0 radical (unpaired) electrons. The van der Waals surface area contributed by atoms with Crippen LogP contribution in [-0.4, -0.2) is 6.10 Å². The van der Waals surface area contributed by atoms with Crippen molar-refractivity contribution in [1.82, 2.24) is 0 Å². The molecule has 0 aliphatic carbocycles. The molecule has 2 aromatic rings. The van der Waals surface area contributed by atoms with Crippen LogP contribution >= 0.6 is 11.6 Å². The molecule has 19 heavy (non-hydrogen) atoms. The quantitative estimate of drug-likeness (QED) is 0.851. The molecule has 0 heterocycles. The van der Waals surface area contributed by atoms with Crippen molar-refractivity contribution in [3.8, 4) is 5.75 Å². The van der Waals surface area contributed by atoms with Crippen LogP contribution in [0.1, 0.15) is 19.4 Å². The maximum Gasteiger partial charge on any atom is 0.119 e. The molecule has 2 rings (SSSR count). The monoisotopic (exact) mass is 275 g/mol. The third-order valence-electron chi connectivity index (χ3n) is 2.61. The van der Waals surface area contributed by atoms with Crippen molar-refractivity contribution < 1.29 is 4.74 Å². The van der Waals surface area contributed by atoms with E-state index in [0.29, 0.717) is 0 Å². The van der Waals surface area contributed by atoms with Crippen molar-refractivity contribution in [3.63, 3.8) is 0 Å². The fourth-order valence-electron chi connectivity index (χ4n) is 1.77. The summed E-state index contributed by atoms with van der Waals surface area (Å²) >= 11 is 5.95. The summed E-state index contributed by atoms with van der Waals surface area (Å²) in [4.78, 5) is 0. The van der Waals surface area contributed by atoms with Gasteiger partial charge in [-0.25, -0.2) is 0 Å². The minimum atomic E-state index is 0.199. The van der Waals surface area contributed by atoms with Gasteiger partial charge in [-0.3, -0.25) is 0 Å². The molecule has 0 aliphatic heterocycles. The van der Waals surface area contributed by atoms with Gasteiger partial charge in [-0.05, 0) is 55.8 Å². The second kappa shape index (κ2) is 6.48. The highest BCUT2D eigenvalue weighted by atomic mass is 35.5. The van der Waals surface area contributed by atoms with Crippen LogP contribution in [0.15, 0.2) is 48.5 Å². The third kappa shape index (κ3) is 4.49. The molecule has 0 aliphatic rings. The van der Waals surface area contributed by atoms with Gasteiger partial charge in [0.1, 0.15) is 5.75 Å². The SMILES string of the molecule is CC(C)Oc1ccc(NCc2cccc(Cl)c2)cc1. The zero-order chi connectivity index (χ0) is 13.7. The number of rotatable bonds is 5. The van der Waals surface area contributed by atoms with Crippen LogP contribution in [0, 0.1) is 0 Å². The van der Waals surface area contributed by atoms with Crippen LogP contribution < -0.4 is 10.1 Å². The van der Waals surface area contributed by atoms with Crippen molar-refractivity contribution in [1.29, 1.82) is 0 Å². The van der Waals surface area contributed by atoms with Crippen LogP contribution in [0.25, 0.3) is 0 Å².